The molecule has 0 aromatic carbocycles. The van der Waals surface area contributed by atoms with Crippen molar-refractivity contribution >= 4 is 11.9 Å². The van der Waals surface area contributed by atoms with Crippen LogP contribution in [0.4, 0.5) is 4.79 Å². The summed E-state index contributed by atoms with van der Waals surface area (Å²) in [7, 11) is 0. The van der Waals surface area contributed by atoms with Crippen LogP contribution in [0.2, 0.25) is 0 Å². The summed E-state index contributed by atoms with van der Waals surface area (Å²) in [5.41, 5.74) is 0. The van der Waals surface area contributed by atoms with Crippen molar-refractivity contribution in [3.63, 3.8) is 0 Å². The maximum Gasteiger partial charge on any atom is 0.326 e. The van der Waals surface area contributed by atoms with Crippen LogP contribution in [0.15, 0.2) is 12.7 Å². The molecule has 0 bridgehead atoms. The van der Waals surface area contributed by atoms with E-state index in [9.17, 15) is 14.7 Å². The Hall–Kier alpha value is -1.44. The standard InChI is InChI=1S/C11H16N2O5/c1-2-6-4-13(11(17)12-10(6)16)9-3-7(15)8(5-14)18-9/h2,6-9,14-15H,1,3-5H2,(H,12,16,17)/t6?,7-,8+,9+/m0/s1. The molecule has 2 aliphatic heterocycles. The van der Waals surface area contributed by atoms with Gasteiger partial charge in [-0.05, 0) is 0 Å². The highest BCUT2D eigenvalue weighted by Crippen LogP contribution is 2.25. The van der Waals surface area contributed by atoms with Crippen LogP contribution < -0.4 is 5.32 Å². The Balaban J connectivity index is 2.06. The Morgan fingerprint density at radius 2 is 2.28 bits per heavy atom. The molecule has 0 radical (unpaired) electrons. The van der Waals surface area contributed by atoms with Gasteiger partial charge in [-0.3, -0.25) is 15.0 Å². The lowest BCUT2D eigenvalue weighted by molar-refractivity contribution is -0.127. The number of ether oxygens (including phenoxy) is 1. The summed E-state index contributed by atoms with van der Waals surface area (Å²) in [6, 6.07) is -0.547. The summed E-state index contributed by atoms with van der Waals surface area (Å²) in [6.07, 6.45) is -0.455. The maximum atomic E-state index is 11.7. The number of imide groups is 1. The van der Waals surface area contributed by atoms with Crippen molar-refractivity contribution in [3.05, 3.63) is 12.7 Å². The Bertz CT molecular complexity index is 372. The molecule has 100 valence electrons. The minimum absolute atomic E-state index is 0.170. The van der Waals surface area contributed by atoms with Gasteiger partial charge in [0.1, 0.15) is 12.3 Å². The van der Waals surface area contributed by atoms with Gasteiger partial charge >= 0.3 is 6.03 Å². The van der Waals surface area contributed by atoms with E-state index in [1.165, 1.54) is 11.0 Å². The number of carbonyl (C=O) groups excluding carboxylic acids is 2. The van der Waals surface area contributed by atoms with Gasteiger partial charge in [0.15, 0.2) is 0 Å². The summed E-state index contributed by atoms with van der Waals surface area (Å²) in [5, 5.41) is 20.8. The van der Waals surface area contributed by atoms with Crippen LogP contribution >= 0.6 is 0 Å². The van der Waals surface area contributed by atoms with Crippen molar-refractivity contribution in [2.75, 3.05) is 13.2 Å². The number of nitrogens with one attached hydrogen (secondary N) is 1. The Kier molecular flexibility index (Phi) is 3.65. The Labute approximate surface area is 104 Å². The second-order valence-electron chi connectivity index (χ2n) is 4.40. The maximum absolute atomic E-state index is 11.7. The number of amides is 3. The minimum Gasteiger partial charge on any atom is -0.394 e. The predicted molar refractivity (Wildman–Crippen MR) is 60.3 cm³/mol. The molecule has 7 heteroatoms. The third-order valence-corrected chi connectivity index (χ3v) is 3.24. The summed E-state index contributed by atoms with van der Waals surface area (Å²) in [6.45, 7) is 3.40. The second kappa shape index (κ2) is 5.05. The smallest absolute Gasteiger partial charge is 0.326 e. The monoisotopic (exact) mass is 256 g/mol. The zero-order valence-corrected chi connectivity index (χ0v) is 9.78. The Morgan fingerprint density at radius 3 is 2.83 bits per heavy atom. The number of rotatable bonds is 3. The molecule has 2 heterocycles. The van der Waals surface area contributed by atoms with E-state index >= 15 is 0 Å². The van der Waals surface area contributed by atoms with Gasteiger partial charge in [0.05, 0.1) is 18.6 Å². The summed E-state index contributed by atoms with van der Waals surface area (Å²) >= 11 is 0. The van der Waals surface area contributed by atoms with E-state index in [0.29, 0.717) is 0 Å². The van der Waals surface area contributed by atoms with Crippen molar-refractivity contribution in [1.82, 2.24) is 10.2 Å². The molecule has 0 aromatic rings. The molecular weight excluding hydrogens is 240 g/mol. The van der Waals surface area contributed by atoms with Crippen LogP contribution in [0.1, 0.15) is 6.42 Å². The van der Waals surface area contributed by atoms with Crippen LogP contribution in [0, 0.1) is 5.92 Å². The van der Waals surface area contributed by atoms with Crippen LogP contribution in [0.5, 0.6) is 0 Å². The minimum atomic E-state index is -0.812. The van der Waals surface area contributed by atoms with Crippen LogP contribution in [0.3, 0.4) is 0 Å². The summed E-state index contributed by atoms with van der Waals surface area (Å²) in [5.74, 6) is -0.875. The van der Waals surface area contributed by atoms with Crippen molar-refractivity contribution in [2.24, 2.45) is 5.92 Å². The van der Waals surface area contributed by atoms with Gasteiger partial charge in [-0.1, -0.05) is 6.08 Å². The number of hydrogen-bond acceptors (Lipinski definition) is 5. The molecule has 3 N–H and O–H groups in total. The van der Waals surface area contributed by atoms with E-state index in [0.717, 1.165) is 0 Å². The topological polar surface area (TPSA) is 99.1 Å². The van der Waals surface area contributed by atoms with Crippen molar-refractivity contribution < 1.29 is 24.5 Å². The van der Waals surface area contributed by atoms with Gasteiger partial charge in [0, 0.05) is 13.0 Å². The molecule has 0 aliphatic carbocycles. The number of nitrogens with zero attached hydrogens (tertiary/aromatic N) is 1. The van der Waals surface area contributed by atoms with E-state index in [4.69, 9.17) is 9.84 Å². The predicted octanol–water partition coefficient (Wildman–Crippen LogP) is -1.19. The molecule has 2 rings (SSSR count). The van der Waals surface area contributed by atoms with E-state index in [1.807, 2.05) is 0 Å². The highest BCUT2D eigenvalue weighted by molar-refractivity contribution is 5.98. The molecule has 7 nitrogen and oxygen atoms in total. The molecule has 18 heavy (non-hydrogen) atoms. The van der Waals surface area contributed by atoms with Crippen LogP contribution in [-0.2, 0) is 9.53 Å². The van der Waals surface area contributed by atoms with Gasteiger partial charge in [-0.15, -0.1) is 6.58 Å². The molecule has 0 spiro atoms. The van der Waals surface area contributed by atoms with Gasteiger partial charge in [0.25, 0.3) is 0 Å². The number of carbonyl (C=O) groups is 2. The average molecular weight is 256 g/mol. The third kappa shape index (κ3) is 2.24. The molecule has 4 atom stereocenters. The van der Waals surface area contributed by atoms with Gasteiger partial charge in [-0.2, -0.15) is 0 Å². The lowest BCUT2D eigenvalue weighted by Gasteiger charge is -2.34. The summed E-state index contributed by atoms with van der Waals surface area (Å²) < 4.78 is 5.38. The normalized spacial score (nSPS) is 36.7. The van der Waals surface area contributed by atoms with Gasteiger partial charge in [0.2, 0.25) is 5.91 Å². The van der Waals surface area contributed by atoms with Crippen LogP contribution in [0.25, 0.3) is 0 Å². The number of urea groups is 1. The van der Waals surface area contributed by atoms with Gasteiger partial charge < -0.3 is 14.9 Å². The average Bonchev–Trinajstić information content (AvgIpc) is 2.70. The molecule has 0 aromatic heterocycles. The van der Waals surface area contributed by atoms with Gasteiger partial charge in [-0.25, -0.2) is 4.79 Å². The summed E-state index contributed by atoms with van der Waals surface area (Å²) in [4.78, 5) is 24.5. The molecule has 2 aliphatic rings. The lowest BCUT2D eigenvalue weighted by atomic mass is 10.1. The van der Waals surface area contributed by atoms with Crippen molar-refractivity contribution in [2.45, 2.75) is 24.9 Å². The third-order valence-electron chi connectivity index (χ3n) is 3.24. The lowest BCUT2D eigenvalue weighted by Crippen LogP contribution is -2.57. The first-order valence-corrected chi connectivity index (χ1v) is 5.75. The largest absolute Gasteiger partial charge is 0.394 e. The number of hydrogen-bond donors (Lipinski definition) is 3. The first kappa shape index (κ1) is 13.0. The zero-order valence-electron chi connectivity index (χ0n) is 9.78. The SMILES string of the molecule is C=CC1CN([C@H]2C[C@H](O)[C@@H](CO)O2)C(=O)NC1=O. The molecule has 0 saturated carbocycles. The number of aliphatic hydroxyl groups excluding tert-OH is 2. The van der Waals surface area contributed by atoms with E-state index in [-0.39, 0.29) is 25.5 Å². The molecule has 3 amide bonds. The van der Waals surface area contributed by atoms with E-state index < -0.39 is 30.4 Å². The quantitative estimate of drug-likeness (QED) is 0.551. The van der Waals surface area contributed by atoms with E-state index in [1.54, 1.807) is 0 Å². The van der Waals surface area contributed by atoms with E-state index in [2.05, 4.69) is 11.9 Å². The van der Waals surface area contributed by atoms with Crippen molar-refractivity contribution in [1.29, 1.82) is 0 Å². The van der Waals surface area contributed by atoms with Crippen LogP contribution in [-0.4, -0.2) is 58.6 Å². The fraction of sp³-hybridized carbons (Fsp3) is 0.636. The Morgan fingerprint density at radius 1 is 1.56 bits per heavy atom. The van der Waals surface area contributed by atoms with Crippen molar-refractivity contribution in [3.8, 4) is 0 Å². The fourth-order valence-corrected chi connectivity index (χ4v) is 2.15. The molecular formula is C11H16N2O5. The second-order valence-corrected chi connectivity index (χ2v) is 4.40. The highest BCUT2D eigenvalue weighted by Gasteiger charge is 2.42. The highest BCUT2D eigenvalue weighted by atomic mass is 16.5. The molecule has 2 saturated heterocycles. The molecule has 2 fully saturated rings. The number of aliphatic hydroxyl groups is 2. The fourth-order valence-electron chi connectivity index (χ4n) is 2.15. The molecule has 1 unspecified atom stereocenters. The first-order chi connectivity index (χ1) is 8.56. The first-order valence-electron chi connectivity index (χ1n) is 5.75. The zero-order chi connectivity index (χ0) is 13.3.